The highest BCUT2D eigenvalue weighted by Crippen LogP contribution is 2.41. The molecule has 0 aliphatic carbocycles. The van der Waals surface area contributed by atoms with Crippen LogP contribution in [0.25, 0.3) is 94.6 Å². The Bertz CT molecular complexity index is 3830. The van der Waals surface area contributed by atoms with E-state index in [0.717, 1.165) is 27.1 Å². The molecule has 0 amide bonds. The predicted octanol–water partition coefficient (Wildman–Crippen LogP) is 14.3. The number of para-hydroxylation sites is 2. The van der Waals surface area contributed by atoms with E-state index in [1.807, 2.05) is 59.1 Å². The Labute approximate surface area is 381 Å². The third-order valence-corrected chi connectivity index (χ3v) is 14.4. The lowest BCUT2D eigenvalue weighted by molar-refractivity contribution is -0.385. The van der Waals surface area contributed by atoms with Crippen LogP contribution in [0, 0.1) is 20.2 Å². The van der Waals surface area contributed by atoms with Gasteiger partial charge in [0.25, 0.3) is 11.4 Å². The zero-order chi connectivity index (χ0) is 44.1. The van der Waals surface area contributed by atoms with Crippen molar-refractivity contribution in [3.63, 3.8) is 0 Å². The monoisotopic (exact) mass is 934 g/mol. The van der Waals surface area contributed by atoms with Crippen LogP contribution in [0.4, 0.5) is 11.4 Å². The highest BCUT2D eigenvalue weighted by Gasteiger charge is 2.16. The van der Waals surface area contributed by atoms with E-state index < -0.39 is 12.0 Å². The second kappa shape index (κ2) is 16.9. The van der Waals surface area contributed by atoms with E-state index in [4.69, 9.17) is 0 Å². The lowest BCUT2D eigenvalue weighted by Gasteiger charge is -2.08. The largest absolute Gasteiger partial charge is 0.488 e. The minimum atomic E-state index is -1.44. The van der Waals surface area contributed by atoms with Crippen molar-refractivity contribution in [3.05, 3.63) is 207 Å². The van der Waals surface area contributed by atoms with E-state index in [0.29, 0.717) is 15.5 Å². The molecule has 0 unspecified atom stereocenters. The van der Waals surface area contributed by atoms with Gasteiger partial charge in [-0.05, 0) is 125 Å². The Morgan fingerprint density at radius 3 is 1.42 bits per heavy atom. The van der Waals surface area contributed by atoms with Crippen LogP contribution < -0.4 is 5.46 Å². The molecule has 0 aliphatic heterocycles. The van der Waals surface area contributed by atoms with Crippen LogP contribution in [0.15, 0.2) is 186 Å². The van der Waals surface area contributed by atoms with Gasteiger partial charge in [0.2, 0.25) is 0 Å². The van der Waals surface area contributed by atoms with Gasteiger partial charge in [-0.3, -0.25) is 20.2 Å². The molecule has 0 saturated heterocycles. The van der Waals surface area contributed by atoms with E-state index in [1.54, 1.807) is 42.5 Å². The Balaban J connectivity index is 0.000000127. The van der Waals surface area contributed by atoms with Gasteiger partial charge in [0.15, 0.2) is 0 Å². The Hall–Kier alpha value is -7.06. The number of nitro groups is 2. The number of hydrogen-bond acceptors (Lipinski definition) is 8. The summed E-state index contributed by atoms with van der Waals surface area (Å²) in [5.41, 5.74) is 2.25. The number of nitro benzene ring substituents is 2. The van der Waals surface area contributed by atoms with Crippen molar-refractivity contribution in [3.8, 4) is 11.1 Å². The highest BCUT2D eigenvalue weighted by molar-refractivity contribution is 9.10. The maximum atomic E-state index is 11.4. The first-order chi connectivity index (χ1) is 31.1. The predicted molar refractivity (Wildman–Crippen MR) is 271 cm³/mol. The molecule has 308 valence electrons. The summed E-state index contributed by atoms with van der Waals surface area (Å²) in [6.45, 7) is 0. The molecule has 64 heavy (non-hydrogen) atoms. The minimum absolute atomic E-state index is 0.0995. The van der Waals surface area contributed by atoms with Crippen LogP contribution in [0.5, 0.6) is 0 Å². The topological polar surface area (TPSA) is 127 Å². The number of nitrogens with zero attached hydrogens (tertiary/aromatic N) is 2. The Morgan fingerprint density at radius 1 is 0.422 bits per heavy atom. The fourth-order valence-corrected chi connectivity index (χ4v) is 11.1. The van der Waals surface area contributed by atoms with Crippen molar-refractivity contribution >= 4 is 146 Å². The smallest absolute Gasteiger partial charge is 0.423 e. The molecule has 0 bridgehead atoms. The zero-order valence-electron chi connectivity index (χ0n) is 33.5. The first-order valence-electron chi connectivity index (χ1n) is 20.2. The third kappa shape index (κ3) is 7.61. The summed E-state index contributed by atoms with van der Waals surface area (Å²) in [7, 11) is -1.44. The normalized spacial score (nSPS) is 11.3. The zero-order valence-corrected chi connectivity index (χ0v) is 36.7. The number of thiophene rings is 2. The quantitative estimate of drug-likeness (QED) is 0.0783. The van der Waals surface area contributed by atoms with E-state index >= 15 is 0 Å². The molecular formula is C52H32BBrN2O6S2. The van der Waals surface area contributed by atoms with Crippen molar-refractivity contribution in [1.82, 2.24) is 0 Å². The van der Waals surface area contributed by atoms with Gasteiger partial charge in [-0.25, -0.2) is 0 Å². The van der Waals surface area contributed by atoms with Crippen LogP contribution in [-0.2, 0) is 0 Å². The van der Waals surface area contributed by atoms with Crippen LogP contribution in [0.1, 0.15) is 0 Å². The first kappa shape index (κ1) is 41.0. The maximum Gasteiger partial charge on any atom is 0.488 e. The first-order valence-corrected chi connectivity index (χ1v) is 22.6. The summed E-state index contributed by atoms with van der Waals surface area (Å²) < 4.78 is 5.70. The summed E-state index contributed by atoms with van der Waals surface area (Å²) in [5.74, 6) is 0. The van der Waals surface area contributed by atoms with Gasteiger partial charge in [0, 0.05) is 52.5 Å². The van der Waals surface area contributed by atoms with Gasteiger partial charge in [-0.1, -0.05) is 115 Å². The third-order valence-electron chi connectivity index (χ3n) is 11.4. The van der Waals surface area contributed by atoms with Crippen LogP contribution in [0.2, 0.25) is 0 Å². The molecule has 0 fully saturated rings. The summed E-state index contributed by atoms with van der Waals surface area (Å²) >= 11 is 6.70. The van der Waals surface area contributed by atoms with Crippen molar-refractivity contribution in [2.45, 2.75) is 0 Å². The van der Waals surface area contributed by atoms with Crippen LogP contribution in [-0.4, -0.2) is 27.0 Å². The lowest BCUT2D eigenvalue weighted by atomic mass is 9.79. The molecule has 0 atom stereocenters. The van der Waals surface area contributed by atoms with E-state index in [9.17, 15) is 30.3 Å². The molecule has 2 aromatic heterocycles. The van der Waals surface area contributed by atoms with Crippen molar-refractivity contribution < 1.29 is 19.9 Å². The lowest BCUT2D eigenvalue weighted by Crippen LogP contribution is -2.29. The van der Waals surface area contributed by atoms with E-state index in [-0.39, 0.29) is 16.3 Å². The minimum Gasteiger partial charge on any atom is -0.423 e. The van der Waals surface area contributed by atoms with Crippen LogP contribution >= 0.6 is 38.6 Å². The molecule has 2 N–H and O–H groups in total. The van der Waals surface area contributed by atoms with Crippen molar-refractivity contribution in [2.75, 3.05) is 0 Å². The number of benzene rings is 10. The summed E-state index contributed by atoms with van der Waals surface area (Å²) in [6, 6.07) is 59.6. The number of hydrogen-bond donors (Lipinski definition) is 2. The molecule has 0 aliphatic rings. The average Bonchev–Trinajstić information content (AvgIpc) is 3.87. The molecule has 10 aromatic carbocycles. The second-order valence-electron chi connectivity index (χ2n) is 15.2. The number of fused-ring (bicyclic) bond motifs is 12. The van der Waals surface area contributed by atoms with Gasteiger partial charge in [0.1, 0.15) is 0 Å². The standard InChI is InChI=1S/C26H15NO2S.C20H13BO2S.C6H4BrNO2/c28-27(29)24-7-3-1-5-20(24)17-11-12-19-16(13-17)9-10-18-14-26-23(15-22(18)19)21-6-2-4-8-25(21)30-26;22-21(23)14-7-8-15-12(9-14)5-6-13-10-20-18(11-17(13)15)16-3-1-2-4-19(16)24-20;7-5-3-1-2-4-6(5)8(9)10/h1-15H;1-11,22-23H;1-4H. The van der Waals surface area contributed by atoms with Gasteiger partial charge < -0.3 is 10.0 Å². The van der Waals surface area contributed by atoms with Crippen molar-refractivity contribution in [1.29, 1.82) is 0 Å². The van der Waals surface area contributed by atoms with Gasteiger partial charge in [-0.2, -0.15) is 0 Å². The molecule has 2 heterocycles. The molecule has 0 radical (unpaired) electrons. The SMILES string of the molecule is O=[N+]([O-])c1ccccc1-c1ccc2c(ccc3cc4sc5ccccc5c4cc32)c1.O=[N+]([O-])c1ccccc1Br.OB(O)c1ccc2c(ccc3cc4sc5ccccc5c4cc32)c1. The Kier molecular flexibility index (Phi) is 10.8. The maximum absolute atomic E-state index is 11.4. The highest BCUT2D eigenvalue weighted by atomic mass is 79.9. The van der Waals surface area contributed by atoms with Crippen LogP contribution in [0.3, 0.4) is 0 Å². The molecule has 8 nitrogen and oxygen atoms in total. The molecule has 12 rings (SSSR count). The summed E-state index contributed by atoms with van der Waals surface area (Å²) in [4.78, 5) is 20.9. The Morgan fingerprint density at radius 2 is 0.891 bits per heavy atom. The van der Waals surface area contributed by atoms with Gasteiger partial charge in [-0.15, -0.1) is 22.7 Å². The van der Waals surface area contributed by atoms with E-state index in [1.165, 1.54) is 68.0 Å². The van der Waals surface area contributed by atoms with Crippen molar-refractivity contribution in [2.24, 2.45) is 0 Å². The average molecular weight is 936 g/mol. The molecular weight excluding hydrogens is 903 g/mol. The summed E-state index contributed by atoms with van der Waals surface area (Å²) in [5, 5.41) is 54.8. The molecule has 0 spiro atoms. The molecule has 12 heteroatoms. The van der Waals surface area contributed by atoms with E-state index in [2.05, 4.69) is 113 Å². The van der Waals surface area contributed by atoms with Gasteiger partial charge in [0.05, 0.1) is 19.9 Å². The summed E-state index contributed by atoms with van der Waals surface area (Å²) in [6.07, 6.45) is 0. The second-order valence-corrected chi connectivity index (χ2v) is 18.3. The number of rotatable bonds is 4. The fraction of sp³-hybridized carbons (Fsp3) is 0. The van der Waals surface area contributed by atoms with Gasteiger partial charge >= 0.3 is 7.12 Å². The molecule has 12 aromatic rings. The molecule has 0 saturated carbocycles. The fourth-order valence-electron chi connectivity index (χ4n) is 8.39. The number of halogens is 1.